The van der Waals surface area contributed by atoms with Crippen molar-refractivity contribution in [3.63, 3.8) is 0 Å². The van der Waals surface area contributed by atoms with Gasteiger partial charge in [0.15, 0.2) is 0 Å². The van der Waals surface area contributed by atoms with E-state index >= 15 is 0 Å². The topological polar surface area (TPSA) is 67.1 Å². The number of aryl methyl sites for hydroxylation is 1. The van der Waals surface area contributed by atoms with Crippen LogP contribution in [0.4, 0.5) is 17.2 Å². The largest absolute Gasteiger partial charge is 0.378 e. The summed E-state index contributed by atoms with van der Waals surface area (Å²) in [6.45, 7) is 1.89. The van der Waals surface area contributed by atoms with Crippen LogP contribution in [0.15, 0.2) is 59.4 Å². The Morgan fingerprint density at radius 1 is 1.08 bits per heavy atom. The number of pyridine rings is 2. The molecule has 26 heavy (non-hydrogen) atoms. The van der Waals surface area contributed by atoms with Gasteiger partial charge in [0, 0.05) is 36.9 Å². The van der Waals surface area contributed by atoms with Gasteiger partial charge in [-0.2, -0.15) is 0 Å². The molecular formula is C20H19N5O. The molecule has 6 nitrogen and oxygen atoms in total. The van der Waals surface area contributed by atoms with Crippen LogP contribution >= 0.6 is 0 Å². The van der Waals surface area contributed by atoms with Crippen molar-refractivity contribution in [2.75, 3.05) is 24.3 Å². The maximum Gasteiger partial charge on any atom is 0.147 e. The van der Waals surface area contributed by atoms with Crippen molar-refractivity contribution >= 4 is 28.1 Å². The summed E-state index contributed by atoms with van der Waals surface area (Å²) in [5, 5.41) is 8.18. The van der Waals surface area contributed by atoms with Gasteiger partial charge in [0.25, 0.3) is 0 Å². The van der Waals surface area contributed by atoms with Gasteiger partial charge in [0.1, 0.15) is 23.5 Å². The monoisotopic (exact) mass is 345 g/mol. The number of benzene rings is 1. The van der Waals surface area contributed by atoms with Crippen LogP contribution < -0.4 is 10.2 Å². The van der Waals surface area contributed by atoms with Crippen molar-refractivity contribution < 1.29 is 4.52 Å². The van der Waals surface area contributed by atoms with Gasteiger partial charge in [-0.05, 0) is 37.3 Å². The van der Waals surface area contributed by atoms with Crippen molar-refractivity contribution in [1.29, 1.82) is 0 Å². The molecule has 4 rings (SSSR count). The number of rotatable bonds is 4. The highest BCUT2D eigenvalue weighted by Gasteiger charge is 2.11. The van der Waals surface area contributed by atoms with Gasteiger partial charge in [-0.25, -0.2) is 4.98 Å². The summed E-state index contributed by atoms with van der Waals surface area (Å²) in [4.78, 5) is 11.4. The molecule has 0 saturated carbocycles. The van der Waals surface area contributed by atoms with E-state index in [1.807, 2.05) is 39.2 Å². The average molecular weight is 345 g/mol. The number of hydrogen-bond acceptors (Lipinski definition) is 6. The number of anilines is 3. The molecule has 130 valence electrons. The van der Waals surface area contributed by atoms with Crippen LogP contribution in [0.5, 0.6) is 0 Å². The zero-order valence-electron chi connectivity index (χ0n) is 14.9. The first-order valence-corrected chi connectivity index (χ1v) is 8.33. The van der Waals surface area contributed by atoms with Gasteiger partial charge in [-0.1, -0.05) is 17.3 Å². The van der Waals surface area contributed by atoms with E-state index in [0.717, 1.165) is 45.0 Å². The minimum atomic E-state index is 0.730. The van der Waals surface area contributed by atoms with Crippen molar-refractivity contribution in [1.82, 2.24) is 15.1 Å². The molecule has 0 radical (unpaired) electrons. The summed E-state index contributed by atoms with van der Waals surface area (Å²) in [5.41, 5.74) is 5.50. The number of nitrogens with one attached hydrogen (secondary N) is 1. The van der Waals surface area contributed by atoms with E-state index in [1.165, 1.54) is 0 Å². The molecule has 0 unspecified atom stereocenters. The molecule has 3 heterocycles. The summed E-state index contributed by atoms with van der Waals surface area (Å²) < 4.78 is 5.02. The summed E-state index contributed by atoms with van der Waals surface area (Å²) in [5.74, 6) is 0.730. The minimum Gasteiger partial charge on any atom is -0.378 e. The number of fused-ring (bicyclic) bond motifs is 1. The fraction of sp³-hybridized carbons (Fsp3) is 0.150. The molecular weight excluding hydrogens is 326 g/mol. The highest BCUT2D eigenvalue weighted by atomic mass is 16.5. The molecule has 4 aromatic rings. The zero-order chi connectivity index (χ0) is 18.1. The Morgan fingerprint density at radius 3 is 2.58 bits per heavy atom. The quantitative estimate of drug-likeness (QED) is 0.591. The first-order valence-electron chi connectivity index (χ1n) is 8.33. The highest BCUT2D eigenvalue weighted by molar-refractivity contribution is 5.93. The Balaban J connectivity index is 1.82. The van der Waals surface area contributed by atoms with Crippen LogP contribution in [0.3, 0.4) is 0 Å². The summed E-state index contributed by atoms with van der Waals surface area (Å²) in [7, 11) is 4.05. The number of nitrogens with zero attached hydrogens (tertiary/aromatic N) is 4. The molecule has 0 atom stereocenters. The zero-order valence-corrected chi connectivity index (χ0v) is 14.9. The molecule has 0 amide bonds. The third kappa shape index (κ3) is 2.97. The first kappa shape index (κ1) is 16.1. The molecule has 1 aromatic carbocycles. The second-order valence-electron chi connectivity index (χ2n) is 6.31. The van der Waals surface area contributed by atoms with Crippen LogP contribution in [0.1, 0.15) is 5.69 Å². The number of hydrogen-bond donors (Lipinski definition) is 1. The van der Waals surface area contributed by atoms with Gasteiger partial charge < -0.3 is 14.7 Å². The standard InChI is InChI=1S/C20H19N5O/c1-13-19(12-26-24-13)23-20-16-5-4-10-21-18(16)11-17(22-20)14-6-8-15(9-7-14)25(2)3/h4-12H,1-3H3,(H,22,23). The lowest BCUT2D eigenvalue weighted by Gasteiger charge is -2.13. The van der Waals surface area contributed by atoms with E-state index in [-0.39, 0.29) is 0 Å². The van der Waals surface area contributed by atoms with E-state index in [4.69, 9.17) is 9.51 Å². The van der Waals surface area contributed by atoms with Gasteiger partial charge in [-0.15, -0.1) is 0 Å². The van der Waals surface area contributed by atoms with Gasteiger partial charge >= 0.3 is 0 Å². The maximum absolute atomic E-state index is 5.02. The third-order valence-corrected chi connectivity index (χ3v) is 4.28. The van der Waals surface area contributed by atoms with Crippen LogP contribution in [0.2, 0.25) is 0 Å². The maximum atomic E-state index is 5.02. The van der Waals surface area contributed by atoms with E-state index < -0.39 is 0 Å². The Labute approximate surface area is 151 Å². The van der Waals surface area contributed by atoms with Crippen LogP contribution in [-0.2, 0) is 0 Å². The predicted molar refractivity (Wildman–Crippen MR) is 104 cm³/mol. The van der Waals surface area contributed by atoms with Crippen LogP contribution in [-0.4, -0.2) is 29.2 Å². The van der Waals surface area contributed by atoms with E-state index in [1.54, 1.807) is 12.5 Å². The summed E-state index contributed by atoms with van der Waals surface area (Å²) >= 11 is 0. The van der Waals surface area contributed by atoms with Gasteiger partial charge in [0.2, 0.25) is 0 Å². The highest BCUT2D eigenvalue weighted by Crippen LogP contribution is 2.30. The van der Waals surface area contributed by atoms with Crippen molar-refractivity contribution in [2.45, 2.75) is 6.92 Å². The SMILES string of the molecule is Cc1nocc1Nc1nc(-c2ccc(N(C)C)cc2)cc2ncccc12. The second kappa shape index (κ2) is 6.48. The first-order chi connectivity index (χ1) is 12.6. The smallest absolute Gasteiger partial charge is 0.147 e. The lowest BCUT2D eigenvalue weighted by molar-refractivity contribution is 0.415. The van der Waals surface area contributed by atoms with Crippen LogP contribution in [0, 0.1) is 6.92 Å². The molecule has 0 aliphatic heterocycles. The van der Waals surface area contributed by atoms with Crippen LogP contribution in [0.25, 0.3) is 22.2 Å². The fourth-order valence-electron chi connectivity index (χ4n) is 2.79. The molecule has 0 spiro atoms. The van der Waals surface area contributed by atoms with E-state index in [9.17, 15) is 0 Å². The minimum absolute atomic E-state index is 0.730. The van der Waals surface area contributed by atoms with Gasteiger partial charge in [0.05, 0.1) is 11.2 Å². The Hall–Kier alpha value is -3.41. The third-order valence-electron chi connectivity index (χ3n) is 4.28. The molecule has 0 fully saturated rings. The molecule has 0 aliphatic rings. The lowest BCUT2D eigenvalue weighted by atomic mass is 10.1. The van der Waals surface area contributed by atoms with Gasteiger partial charge in [-0.3, -0.25) is 4.98 Å². The number of aromatic nitrogens is 3. The predicted octanol–water partition coefficient (Wildman–Crippen LogP) is 4.40. The normalized spacial score (nSPS) is 10.9. The summed E-state index contributed by atoms with van der Waals surface area (Å²) in [6, 6.07) is 14.2. The fourth-order valence-corrected chi connectivity index (χ4v) is 2.79. The van der Waals surface area contributed by atoms with Crippen molar-refractivity contribution in [2.24, 2.45) is 0 Å². The molecule has 1 N–H and O–H groups in total. The second-order valence-corrected chi connectivity index (χ2v) is 6.31. The van der Waals surface area contributed by atoms with Crippen molar-refractivity contribution in [3.8, 4) is 11.3 Å². The Bertz CT molecular complexity index is 1050. The van der Waals surface area contributed by atoms with E-state index in [0.29, 0.717) is 0 Å². The lowest BCUT2D eigenvalue weighted by Crippen LogP contribution is -2.08. The molecule has 6 heteroatoms. The molecule has 3 aromatic heterocycles. The average Bonchev–Trinajstić information content (AvgIpc) is 3.06. The Morgan fingerprint density at radius 2 is 1.88 bits per heavy atom. The summed E-state index contributed by atoms with van der Waals surface area (Å²) in [6.07, 6.45) is 3.37. The molecule has 0 bridgehead atoms. The molecule has 0 saturated heterocycles. The Kier molecular flexibility index (Phi) is 4.01. The van der Waals surface area contributed by atoms with Crippen molar-refractivity contribution in [3.05, 3.63) is 60.6 Å². The molecule has 0 aliphatic carbocycles. The van der Waals surface area contributed by atoms with E-state index in [2.05, 4.69) is 44.6 Å².